The number of benzene rings is 2. The van der Waals surface area contributed by atoms with Crippen molar-refractivity contribution < 1.29 is 26.4 Å². The number of ether oxygens (including phenoxy) is 1. The van der Waals surface area contributed by atoms with E-state index in [-0.39, 0.29) is 29.3 Å². The van der Waals surface area contributed by atoms with Crippen molar-refractivity contribution in [3.63, 3.8) is 0 Å². The zero-order valence-electron chi connectivity index (χ0n) is 16.1. The van der Waals surface area contributed by atoms with Gasteiger partial charge < -0.3 is 4.74 Å². The molecule has 0 radical (unpaired) electrons. The quantitative estimate of drug-likeness (QED) is 0.703. The molecule has 8 nitrogen and oxygen atoms in total. The summed E-state index contributed by atoms with van der Waals surface area (Å²) in [5.74, 6) is -0.0288. The van der Waals surface area contributed by atoms with Gasteiger partial charge in [0.2, 0.25) is 26.0 Å². The van der Waals surface area contributed by atoms with E-state index < -0.39 is 26.0 Å². The first-order valence-electron chi connectivity index (χ1n) is 8.93. The number of sulfonamides is 2. The first-order valence-corrected chi connectivity index (χ1v) is 12.0. The fourth-order valence-corrected chi connectivity index (χ4v) is 5.84. The average molecular weight is 439 g/mol. The Labute approximate surface area is 170 Å². The third kappa shape index (κ3) is 4.60. The van der Waals surface area contributed by atoms with Gasteiger partial charge >= 0.3 is 0 Å². The summed E-state index contributed by atoms with van der Waals surface area (Å²) in [4.78, 5) is 11.9. The van der Waals surface area contributed by atoms with Crippen LogP contribution in [0.5, 0.6) is 5.75 Å². The van der Waals surface area contributed by atoms with E-state index in [9.17, 15) is 21.6 Å². The SMILES string of the molecule is COc1ccc(CCNS(=O)(=O)c2ccc(N3C(=O)CCS3(=O)=O)cc2C)cc1. The van der Waals surface area contributed by atoms with Gasteiger partial charge in [-0.25, -0.2) is 25.9 Å². The van der Waals surface area contributed by atoms with Gasteiger partial charge in [0, 0.05) is 13.0 Å². The molecule has 0 spiro atoms. The van der Waals surface area contributed by atoms with E-state index in [2.05, 4.69) is 4.72 Å². The zero-order chi connectivity index (χ0) is 21.2. The lowest BCUT2D eigenvalue weighted by Crippen LogP contribution is -2.30. The Balaban J connectivity index is 1.72. The summed E-state index contributed by atoms with van der Waals surface area (Å²) in [5.41, 5.74) is 1.47. The highest BCUT2D eigenvalue weighted by Crippen LogP contribution is 2.28. The van der Waals surface area contributed by atoms with Gasteiger partial charge in [-0.3, -0.25) is 4.79 Å². The molecule has 0 saturated carbocycles. The molecule has 1 fully saturated rings. The minimum Gasteiger partial charge on any atom is -0.497 e. The topological polar surface area (TPSA) is 110 Å². The van der Waals surface area contributed by atoms with Gasteiger partial charge in [0.15, 0.2) is 0 Å². The lowest BCUT2D eigenvalue weighted by molar-refractivity contribution is -0.116. The number of anilines is 1. The van der Waals surface area contributed by atoms with Crippen LogP contribution in [0.2, 0.25) is 0 Å². The van der Waals surface area contributed by atoms with E-state index >= 15 is 0 Å². The van der Waals surface area contributed by atoms with Crippen LogP contribution >= 0.6 is 0 Å². The van der Waals surface area contributed by atoms with Crippen molar-refractivity contribution in [3.8, 4) is 5.75 Å². The number of rotatable bonds is 7. The van der Waals surface area contributed by atoms with Gasteiger partial charge in [-0.15, -0.1) is 0 Å². The van der Waals surface area contributed by atoms with Crippen LogP contribution in [0.1, 0.15) is 17.5 Å². The largest absolute Gasteiger partial charge is 0.497 e. The maximum absolute atomic E-state index is 12.6. The molecule has 3 rings (SSSR count). The number of methoxy groups -OCH3 is 1. The second-order valence-electron chi connectivity index (χ2n) is 6.67. The molecule has 2 aromatic carbocycles. The van der Waals surface area contributed by atoms with Crippen molar-refractivity contribution in [1.82, 2.24) is 4.72 Å². The van der Waals surface area contributed by atoms with Crippen LogP contribution in [-0.2, 0) is 31.3 Å². The highest BCUT2D eigenvalue weighted by molar-refractivity contribution is 7.94. The molecule has 0 aliphatic carbocycles. The maximum Gasteiger partial charge on any atom is 0.242 e. The second-order valence-corrected chi connectivity index (χ2v) is 10.3. The van der Waals surface area contributed by atoms with Crippen LogP contribution in [0.25, 0.3) is 0 Å². The lowest BCUT2D eigenvalue weighted by Gasteiger charge is -2.17. The van der Waals surface area contributed by atoms with E-state index in [1.165, 1.54) is 18.2 Å². The van der Waals surface area contributed by atoms with Crippen molar-refractivity contribution in [2.45, 2.75) is 24.7 Å². The van der Waals surface area contributed by atoms with Gasteiger partial charge in [-0.1, -0.05) is 12.1 Å². The Morgan fingerprint density at radius 1 is 1.14 bits per heavy atom. The highest BCUT2D eigenvalue weighted by Gasteiger charge is 2.36. The molecule has 0 unspecified atom stereocenters. The first kappa shape index (κ1) is 21.3. The maximum atomic E-state index is 12.6. The van der Waals surface area contributed by atoms with Crippen LogP contribution in [0, 0.1) is 6.92 Å². The van der Waals surface area contributed by atoms with Crippen molar-refractivity contribution >= 4 is 31.6 Å². The third-order valence-corrected chi connectivity index (χ3v) is 7.94. The predicted octanol–water partition coefficient (Wildman–Crippen LogP) is 1.59. The Bertz CT molecular complexity index is 1130. The number of nitrogens with one attached hydrogen (secondary N) is 1. The molecule has 2 aromatic rings. The molecule has 0 atom stereocenters. The van der Waals surface area contributed by atoms with Crippen LogP contribution in [0.15, 0.2) is 47.4 Å². The van der Waals surface area contributed by atoms with Crippen LogP contribution in [-0.4, -0.2) is 42.2 Å². The number of hydrogen-bond donors (Lipinski definition) is 1. The Hall–Kier alpha value is -2.43. The molecule has 156 valence electrons. The smallest absolute Gasteiger partial charge is 0.242 e. The molecule has 29 heavy (non-hydrogen) atoms. The number of hydrogen-bond acceptors (Lipinski definition) is 6. The lowest BCUT2D eigenvalue weighted by atomic mass is 10.1. The highest BCUT2D eigenvalue weighted by atomic mass is 32.2. The van der Waals surface area contributed by atoms with Crippen LogP contribution in [0.4, 0.5) is 5.69 Å². The summed E-state index contributed by atoms with van der Waals surface area (Å²) in [6.07, 6.45) is 0.426. The molecular weight excluding hydrogens is 416 g/mol. The van der Waals surface area contributed by atoms with Crippen LogP contribution < -0.4 is 13.8 Å². The molecule has 1 aliphatic rings. The molecule has 10 heteroatoms. The molecule has 1 amide bonds. The monoisotopic (exact) mass is 438 g/mol. The van der Waals surface area contributed by atoms with Crippen molar-refractivity contribution in [2.24, 2.45) is 0 Å². The number of nitrogens with zero attached hydrogens (tertiary/aromatic N) is 1. The summed E-state index contributed by atoms with van der Waals surface area (Å²) in [5, 5.41) is 0. The van der Waals surface area contributed by atoms with Crippen molar-refractivity contribution in [2.75, 3.05) is 23.7 Å². The molecule has 0 aromatic heterocycles. The van der Waals surface area contributed by atoms with E-state index in [1.54, 1.807) is 26.2 Å². The first-order chi connectivity index (χ1) is 13.6. The summed E-state index contributed by atoms with van der Waals surface area (Å²) >= 11 is 0. The minimum atomic E-state index is -3.78. The molecule has 1 N–H and O–H groups in total. The van der Waals surface area contributed by atoms with Crippen molar-refractivity contribution in [3.05, 3.63) is 53.6 Å². The Kier molecular flexibility index (Phi) is 5.97. The molecule has 1 aliphatic heterocycles. The fourth-order valence-electron chi connectivity index (χ4n) is 3.13. The van der Waals surface area contributed by atoms with Gasteiger partial charge in [0.1, 0.15) is 5.75 Å². The summed E-state index contributed by atoms with van der Waals surface area (Å²) in [6.45, 7) is 1.77. The van der Waals surface area contributed by atoms with E-state index in [0.29, 0.717) is 12.0 Å². The molecule has 1 saturated heterocycles. The second kappa shape index (κ2) is 8.13. The van der Waals surface area contributed by atoms with E-state index in [0.717, 1.165) is 15.6 Å². The van der Waals surface area contributed by atoms with Gasteiger partial charge in [-0.05, 0) is 54.8 Å². The van der Waals surface area contributed by atoms with Crippen LogP contribution in [0.3, 0.4) is 0 Å². The van der Waals surface area contributed by atoms with E-state index in [1.807, 2.05) is 12.1 Å². The fraction of sp³-hybridized carbons (Fsp3) is 0.316. The summed E-state index contributed by atoms with van der Waals surface area (Å²) in [7, 11) is -5.90. The average Bonchev–Trinajstić information content (AvgIpc) is 2.94. The van der Waals surface area contributed by atoms with Gasteiger partial charge in [0.05, 0.1) is 23.4 Å². The van der Waals surface area contributed by atoms with Gasteiger partial charge in [-0.2, -0.15) is 0 Å². The third-order valence-electron chi connectivity index (χ3n) is 4.63. The number of amides is 1. The number of aryl methyl sites for hydroxylation is 1. The van der Waals surface area contributed by atoms with Crippen molar-refractivity contribution in [1.29, 1.82) is 0 Å². The molecule has 0 bridgehead atoms. The minimum absolute atomic E-state index is 0.0417. The summed E-state index contributed by atoms with van der Waals surface area (Å²) < 4.78 is 57.8. The zero-order valence-corrected chi connectivity index (χ0v) is 17.7. The standard InChI is InChI=1S/C19H22N2O6S2/c1-14-13-16(21-19(22)10-12-28(21,23)24)5-8-18(14)29(25,26)20-11-9-15-3-6-17(27-2)7-4-15/h3-8,13,20H,9-12H2,1-2H3. The number of carbonyl (C=O) groups excluding carboxylic acids is 1. The predicted molar refractivity (Wildman–Crippen MR) is 109 cm³/mol. The molecular formula is C19H22N2O6S2. The summed E-state index contributed by atoms with van der Waals surface area (Å²) in [6, 6.07) is 11.4. The Morgan fingerprint density at radius 2 is 1.83 bits per heavy atom. The number of carbonyl (C=O) groups is 1. The normalized spacial score (nSPS) is 16.2. The van der Waals surface area contributed by atoms with Gasteiger partial charge in [0.25, 0.3) is 0 Å². The van der Waals surface area contributed by atoms with E-state index in [4.69, 9.17) is 4.74 Å². The molecule has 1 heterocycles. The Morgan fingerprint density at radius 3 is 2.38 bits per heavy atom.